The molecule has 2 N–H and O–H groups in total. The van der Waals surface area contributed by atoms with Gasteiger partial charge in [0, 0.05) is 6.04 Å². The molecule has 0 spiro atoms. The molecule has 5 nitrogen and oxygen atoms in total. The Morgan fingerprint density at radius 2 is 1.74 bits per heavy atom. The summed E-state index contributed by atoms with van der Waals surface area (Å²) < 4.78 is 5.18. The van der Waals surface area contributed by atoms with E-state index in [2.05, 4.69) is 5.32 Å². The van der Waals surface area contributed by atoms with Crippen LogP contribution in [0.2, 0.25) is 0 Å². The summed E-state index contributed by atoms with van der Waals surface area (Å²) in [4.78, 5) is 23.1. The van der Waals surface area contributed by atoms with E-state index in [0.717, 1.165) is 12.8 Å². The van der Waals surface area contributed by atoms with Gasteiger partial charge >= 0.3 is 12.1 Å². The second-order valence-electron chi connectivity index (χ2n) is 6.37. The van der Waals surface area contributed by atoms with Gasteiger partial charge in [0.05, 0.1) is 5.41 Å². The highest BCUT2D eigenvalue weighted by molar-refractivity contribution is 5.76. The van der Waals surface area contributed by atoms with Crippen LogP contribution in [0, 0.1) is 5.41 Å². The molecule has 0 fully saturated rings. The van der Waals surface area contributed by atoms with Crippen LogP contribution in [0.15, 0.2) is 0 Å². The van der Waals surface area contributed by atoms with Crippen molar-refractivity contribution in [3.63, 3.8) is 0 Å². The largest absolute Gasteiger partial charge is 0.481 e. The van der Waals surface area contributed by atoms with Gasteiger partial charge in [-0.3, -0.25) is 4.79 Å². The maximum atomic E-state index is 11.8. The molecule has 0 rings (SSSR count). The lowest BCUT2D eigenvalue weighted by Crippen LogP contribution is -2.50. The quantitative estimate of drug-likeness (QED) is 0.779. The first-order chi connectivity index (χ1) is 8.50. The summed E-state index contributed by atoms with van der Waals surface area (Å²) in [5.74, 6) is -0.926. The number of nitrogens with one attached hydrogen (secondary N) is 1. The van der Waals surface area contributed by atoms with Gasteiger partial charge in [-0.25, -0.2) is 4.79 Å². The lowest BCUT2D eigenvalue weighted by Gasteiger charge is -2.32. The molecule has 0 heterocycles. The van der Waals surface area contributed by atoms with Crippen molar-refractivity contribution < 1.29 is 19.4 Å². The summed E-state index contributed by atoms with van der Waals surface area (Å²) in [6.45, 7) is 10.6. The number of carboxylic acid groups (broad SMARTS) is 1. The summed E-state index contributed by atoms with van der Waals surface area (Å²) in [7, 11) is 0. The fraction of sp³-hybridized carbons (Fsp3) is 0.857. The van der Waals surface area contributed by atoms with Gasteiger partial charge in [-0.15, -0.1) is 0 Å². The molecule has 1 unspecified atom stereocenters. The summed E-state index contributed by atoms with van der Waals surface area (Å²) in [5, 5.41) is 12.0. The van der Waals surface area contributed by atoms with E-state index in [-0.39, 0.29) is 0 Å². The van der Waals surface area contributed by atoms with Gasteiger partial charge in [-0.05, 0) is 41.0 Å². The summed E-state index contributed by atoms with van der Waals surface area (Å²) in [6, 6.07) is -0.445. The number of hydrogen-bond acceptors (Lipinski definition) is 3. The van der Waals surface area contributed by atoms with Gasteiger partial charge in [0.25, 0.3) is 0 Å². The number of unbranched alkanes of at least 4 members (excludes halogenated alkanes) is 1. The number of carbonyl (C=O) groups excluding carboxylic acids is 1. The second kappa shape index (κ2) is 6.78. The first-order valence-corrected chi connectivity index (χ1v) is 6.73. The van der Waals surface area contributed by atoms with Crippen molar-refractivity contribution in [1.82, 2.24) is 5.32 Å². The first-order valence-electron chi connectivity index (χ1n) is 6.73. The van der Waals surface area contributed by atoms with Gasteiger partial charge in [0.1, 0.15) is 5.60 Å². The fourth-order valence-electron chi connectivity index (χ4n) is 1.62. The fourth-order valence-corrected chi connectivity index (χ4v) is 1.62. The lowest BCUT2D eigenvalue weighted by atomic mass is 9.82. The van der Waals surface area contributed by atoms with Gasteiger partial charge < -0.3 is 15.2 Å². The Morgan fingerprint density at radius 1 is 1.21 bits per heavy atom. The number of ether oxygens (including phenoxy) is 1. The van der Waals surface area contributed by atoms with Crippen LogP contribution in [0.5, 0.6) is 0 Å². The zero-order valence-electron chi connectivity index (χ0n) is 12.9. The predicted molar refractivity (Wildman–Crippen MR) is 74.1 cm³/mol. The van der Waals surface area contributed by atoms with E-state index in [0.29, 0.717) is 6.42 Å². The molecule has 112 valence electrons. The van der Waals surface area contributed by atoms with Gasteiger partial charge in [-0.1, -0.05) is 19.8 Å². The maximum Gasteiger partial charge on any atom is 0.407 e. The molecule has 0 bridgehead atoms. The normalized spacial score (nSPS) is 13.8. The number of aliphatic carboxylic acids is 1. The molecule has 0 aromatic rings. The molecule has 1 amide bonds. The molecular weight excluding hydrogens is 246 g/mol. The third-order valence-electron chi connectivity index (χ3n) is 2.96. The van der Waals surface area contributed by atoms with Crippen LogP contribution in [0.25, 0.3) is 0 Å². The minimum atomic E-state index is -1.02. The Morgan fingerprint density at radius 3 is 2.11 bits per heavy atom. The van der Waals surface area contributed by atoms with E-state index in [4.69, 9.17) is 4.74 Å². The average Bonchev–Trinajstić information content (AvgIpc) is 2.20. The van der Waals surface area contributed by atoms with Crippen molar-refractivity contribution in [3.8, 4) is 0 Å². The Bertz CT molecular complexity index is 318. The summed E-state index contributed by atoms with van der Waals surface area (Å²) >= 11 is 0. The third kappa shape index (κ3) is 6.45. The average molecular weight is 273 g/mol. The van der Waals surface area contributed by atoms with Gasteiger partial charge in [0.15, 0.2) is 0 Å². The summed E-state index contributed by atoms with van der Waals surface area (Å²) in [6.07, 6.45) is 1.86. The van der Waals surface area contributed by atoms with Crippen LogP contribution in [0.3, 0.4) is 0 Å². The minimum absolute atomic E-state index is 0.445. The zero-order chi connectivity index (χ0) is 15.3. The Hall–Kier alpha value is -1.26. The second-order valence-corrected chi connectivity index (χ2v) is 6.37. The highest BCUT2D eigenvalue weighted by Crippen LogP contribution is 2.25. The topological polar surface area (TPSA) is 75.6 Å². The molecule has 0 aliphatic rings. The molecule has 0 saturated heterocycles. The Kier molecular flexibility index (Phi) is 6.33. The highest BCUT2D eigenvalue weighted by atomic mass is 16.6. The molecule has 0 aliphatic heterocycles. The number of rotatable bonds is 6. The zero-order valence-corrected chi connectivity index (χ0v) is 12.9. The van der Waals surface area contributed by atoms with E-state index in [9.17, 15) is 14.7 Å². The molecule has 1 atom stereocenters. The molecule has 5 heteroatoms. The smallest absolute Gasteiger partial charge is 0.407 e. The number of carboxylic acids is 1. The molecular formula is C14H27NO4. The Labute approximate surface area is 115 Å². The van der Waals surface area contributed by atoms with E-state index in [1.54, 1.807) is 34.6 Å². The van der Waals surface area contributed by atoms with Crippen molar-refractivity contribution in [2.45, 2.75) is 72.4 Å². The van der Waals surface area contributed by atoms with E-state index >= 15 is 0 Å². The van der Waals surface area contributed by atoms with Crippen LogP contribution in [-0.4, -0.2) is 28.8 Å². The van der Waals surface area contributed by atoms with Crippen LogP contribution in [-0.2, 0) is 9.53 Å². The van der Waals surface area contributed by atoms with Crippen LogP contribution in [0.4, 0.5) is 4.79 Å². The molecule has 19 heavy (non-hydrogen) atoms. The van der Waals surface area contributed by atoms with Crippen molar-refractivity contribution in [1.29, 1.82) is 0 Å². The molecule has 0 saturated carbocycles. The predicted octanol–water partition coefficient (Wildman–Crippen LogP) is 3.18. The molecule has 0 aromatic heterocycles. The maximum absolute atomic E-state index is 11.8. The van der Waals surface area contributed by atoms with Gasteiger partial charge in [0.2, 0.25) is 0 Å². The van der Waals surface area contributed by atoms with E-state index < -0.39 is 29.1 Å². The standard InChI is InChI=1S/C14H27NO4/c1-7-8-9-10(14(5,6)11(16)17)15-12(18)19-13(2,3)4/h10H,7-9H2,1-6H3,(H,15,18)(H,16,17). The monoisotopic (exact) mass is 273 g/mol. The number of alkyl carbamates (subject to hydrolysis) is 1. The molecule has 0 aliphatic carbocycles. The van der Waals surface area contributed by atoms with E-state index in [1.807, 2.05) is 6.92 Å². The number of amides is 1. The minimum Gasteiger partial charge on any atom is -0.481 e. The highest BCUT2D eigenvalue weighted by Gasteiger charge is 2.38. The SMILES string of the molecule is CCCCC(NC(=O)OC(C)(C)C)C(C)(C)C(=O)O. The number of carbonyl (C=O) groups is 2. The van der Waals surface area contributed by atoms with Crippen LogP contribution < -0.4 is 5.32 Å². The van der Waals surface area contributed by atoms with E-state index in [1.165, 1.54) is 0 Å². The Balaban J connectivity index is 4.78. The molecule has 0 aromatic carbocycles. The van der Waals surface area contributed by atoms with Crippen LogP contribution in [0.1, 0.15) is 60.8 Å². The van der Waals surface area contributed by atoms with Crippen molar-refractivity contribution in [2.24, 2.45) is 5.41 Å². The summed E-state index contributed by atoms with van der Waals surface area (Å²) in [5.41, 5.74) is -1.61. The first kappa shape index (κ1) is 17.7. The van der Waals surface area contributed by atoms with Crippen LogP contribution >= 0.6 is 0 Å². The van der Waals surface area contributed by atoms with Crippen molar-refractivity contribution in [2.75, 3.05) is 0 Å². The van der Waals surface area contributed by atoms with Crippen molar-refractivity contribution in [3.05, 3.63) is 0 Å². The molecule has 0 radical (unpaired) electrons. The lowest BCUT2D eigenvalue weighted by molar-refractivity contribution is -0.148. The number of hydrogen-bond donors (Lipinski definition) is 2. The third-order valence-corrected chi connectivity index (χ3v) is 2.96. The van der Waals surface area contributed by atoms with Gasteiger partial charge in [-0.2, -0.15) is 0 Å². The van der Waals surface area contributed by atoms with Crippen molar-refractivity contribution >= 4 is 12.1 Å².